The molecule has 23 heavy (non-hydrogen) atoms. The van der Waals surface area contributed by atoms with Gasteiger partial charge in [0.15, 0.2) is 6.61 Å². The number of hydrazine groups is 1. The van der Waals surface area contributed by atoms with Crippen molar-refractivity contribution in [3.8, 4) is 11.5 Å². The molecule has 0 fully saturated rings. The van der Waals surface area contributed by atoms with Crippen molar-refractivity contribution in [2.45, 2.75) is 0 Å². The van der Waals surface area contributed by atoms with Crippen LogP contribution in [0.4, 0.5) is 0 Å². The van der Waals surface area contributed by atoms with E-state index in [1.807, 2.05) is 0 Å². The molecule has 0 atom stereocenters. The largest absolute Gasteiger partial charge is 0.497 e. The Kier molecular flexibility index (Phi) is 5.35. The Bertz CT molecular complexity index is 739. The summed E-state index contributed by atoms with van der Waals surface area (Å²) in [4.78, 5) is 37.1. The number of methoxy groups -OCH3 is 1. The van der Waals surface area contributed by atoms with Crippen molar-refractivity contribution in [3.63, 3.8) is 0 Å². The second-order valence-corrected chi connectivity index (χ2v) is 4.38. The van der Waals surface area contributed by atoms with Gasteiger partial charge in [-0.15, -0.1) is 0 Å². The summed E-state index contributed by atoms with van der Waals surface area (Å²) in [5.74, 6) is -0.139. The minimum absolute atomic E-state index is 0.108. The summed E-state index contributed by atoms with van der Waals surface area (Å²) < 4.78 is 10.2. The number of ether oxygens (including phenoxy) is 2. The summed E-state index contributed by atoms with van der Waals surface area (Å²) in [5.41, 5.74) is 3.64. The lowest BCUT2D eigenvalue weighted by atomic mass is 10.3. The molecule has 0 bridgehead atoms. The Morgan fingerprint density at radius 3 is 2.43 bits per heavy atom. The Balaban J connectivity index is 1.79. The van der Waals surface area contributed by atoms with Crippen molar-refractivity contribution in [2.24, 2.45) is 0 Å². The van der Waals surface area contributed by atoms with E-state index in [1.54, 1.807) is 31.4 Å². The number of nitrogens with one attached hydrogen (secondary N) is 3. The zero-order valence-corrected chi connectivity index (χ0v) is 12.3. The van der Waals surface area contributed by atoms with Crippen LogP contribution in [0.2, 0.25) is 0 Å². The molecule has 0 saturated carbocycles. The van der Waals surface area contributed by atoms with Crippen LogP contribution in [-0.4, -0.2) is 30.5 Å². The number of rotatable bonds is 5. The van der Waals surface area contributed by atoms with E-state index >= 15 is 0 Å². The number of aromatic amines is 1. The summed E-state index contributed by atoms with van der Waals surface area (Å²) in [5, 5.41) is 0. The van der Waals surface area contributed by atoms with Crippen LogP contribution in [0.5, 0.6) is 11.5 Å². The molecule has 1 heterocycles. The number of aromatic nitrogens is 1. The smallest absolute Gasteiger partial charge is 0.276 e. The molecule has 0 aliphatic carbocycles. The van der Waals surface area contributed by atoms with Gasteiger partial charge in [0.25, 0.3) is 17.4 Å². The Morgan fingerprint density at radius 2 is 1.78 bits per heavy atom. The van der Waals surface area contributed by atoms with Gasteiger partial charge in [0.1, 0.15) is 17.1 Å². The fourth-order valence-corrected chi connectivity index (χ4v) is 1.65. The van der Waals surface area contributed by atoms with Crippen LogP contribution in [0, 0.1) is 0 Å². The van der Waals surface area contributed by atoms with Gasteiger partial charge in [-0.3, -0.25) is 25.2 Å². The third kappa shape index (κ3) is 4.60. The minimum atomic E-state index is -0.718. The number of hydrogen-bond donors (Lipinski definition) is 3. The van der Waals surface area contributed by atoms with Crippen LogP contribution < -0.4 is 25.9 Å². The normalized spacial score (nSPS) is 9.78. The molecule has 0 radical (unpaired) electrons. The highest BCUT2D eigenvalue weighted by molar-refractivity contribution is 5.95. The molecule has 0 aliphatic rings. The summed E-state index contributed by atoms with van der Waals surface area (Å²) in [7, 11) is 1.55. The highest BCUT2D eigenvalue weighted by Gasteiger charge is 2.10. The van der Waals surface area contributed by atoms with E-state index in [-0.39, 0.29) is 12.2 Å². The minimum Gasteiger partial charge on any atom is -0.497 e. The van der Waals surface area contributed by atoms with Gasteiger partial charge in [-0.25, -0.2) is 0 Å². The van der Waals surface area contributed by atoms with E-state index in [2.05, 4.69) is 15.8 Å². The predicted octanol–water partition coefficient (Wildman–Crippen LogP) is 0.223. The number of H-pyrrole nitrogens is 1. The molecule has 2 amide bonds. The number of benzene rings is 1. The summed E-state index contributed by atoms with van der Waals surface area (Å²) in [6.07, 6.45) is 1.40. The average molecular weight is 317 g/mol. The molecular formula is C15H15N3O5. The fourth-order valence-electron chi connectivity index (χ4n) is 1.65. The second kappa shape index (κ2) is 7.64. The topological polar surface area (TPSA) is 110 Å². The van der Waals surface area contributed by atoms with Crippen LogP contribution in [0.15, 0.2) is 47.4 Å². The van der Waals surface area contributed by atoms with Crippen LogP contribution in [0.3, 0.4) is 0 Å². The van der Waals surface area contributed by atoms with E-state index in [1.165, 1.54) is 18.3 Å². The molecular weight excluding hydrogens is 302 g/mol. The van der Waals surface area contributed by atoms with E-state index in [9.17, 15) is 14.4 Å². The first-order valence-corrected chi connectivity index (χ1v) is 6.64. The van der Waals surface area contributed by atoms with Gasteiger partial charge < -0.3 is 14.5 Å². The molecule has 8 heteroatoms. The first-order valence-electron chi connectivity index (χ1n) is 6.64. The lowest BCUT2D eigenvalue weighted by molar-refractivity contribution is -0.123. The molecule has 1 aromatic heterocycles. The van der Waals surface area contributed by atoms with Crippen LogP contribution in [-0.2, 0) is 4.79 Å². The van der Waals surface area contributed by atoms with Crippen LogP contribution in [0.25, 0.3) is 0 Å². The zero-order chi connectivity index (χ0) is 16.7. The summed E-state index contributed by atoms with van der Waals surface area (Å²) in [6, 6.07) is 9.52. The molecule has 0 unspecified atom stereocenters. The summed E-state index contributed by atoms with van der Waals surface area (Å²) >= 11 is 0. The maximum Gasteiger partial charge on any atom is 0.276 e. The third-order valence-corrected chi connectivity index (χ3v) is 2.81. The van der Waals surface area contributed by atoms with Crippen molar-refractivity contribution < 1.29 is 19.1 Å². The standard InChI is InChI=1S/C15H15N3O5/c1-22-10-4-6-11(7-5-10)23-9-13(19)17-18-15(21)12-3-2-8-16-14(12)20/h2-8H,9H2,1H3,(H,16,20)(H,17,19)(H,18,21). The van der Waals surface area contributed by atoms with E-state index in [0.29, 0.717) is 11.5 Å². The second-order valence-electron chi connectivity index (χ2n) is 4.38. The van der Waals surface area contributed by atoms with Crippen molar-refractivity contribution in [3.05, 3.63) is 58.5 Å². The summed E-state index contributed by atoms with van der Waals surface area (Å²) in [6.45, 7) is -0.294. The van der Waals surface area contributed by atoms with Gasteiger partial charge in [0.2, 0.25) is 0 Å². The SMILES string of the molecule is COc1ccc(OCC(=O)NNC(=O)c2ccc[nH]c2=O)cc1. The zero-order valence-electron chi connectivity index (χ0n) is 12.3. The fraction of sp³-hybridized carbons (Fsp3) is 0.133. The van der Waals surface area contributed by atoms with Crippen molar-refractivity contribution in [1.82, 2.24) is 15.8 Å². The van der Waals surface area contributed by atoms with E-state index in [4.69, 9.17) is 9.47 Å². The predicted molar refractivity (Wildman–Crippen MR) is 81.2 cm³/mol. The monoisotopic (exact) mass is 317 g/mol. The molecule has 3 N–H and O–H groups in total. The van der Waals surface area contributed by atoms with Gasteiger partial charge in [-0.1, -0.05) is 0 Å². The maximum atomic E-state index is 11.7. The van der Waals surface area contributed by atoms with Crippen molar-refractivity contribution >= 4 is 11.8 Å². The van der Waals surface area contributed by atoms with E-state index < -0.39 is 17.4 Å². The highest BCUT2D eigenvalue weighted by Crippen LogP contribution is 2.16. The van der Waals surface area contributed by atoms with Gasteiger partial charge in [0.05, 0.1) is 7.11 Å². The first-order chi connectivity index (χ1) is 11.1. The quantitative estimate of drug-likeness (QED) is 0.684. The molecule has 2 rings (SSSR count). The molecule has 8 nitrogen and oxygen atoms in total. The first kappa shape index (κ1) is 16.1. The molecule has 0 spiro atoms. The average Bonchev–Trinajstić information content (AvgIpc) is 2.58. The molecule has 120 valence electrons. The van der Waals surface area contributed by atoms with Crippen LogP contribution in [0.1, 0.15) is 10.4 Å². The van der Waals surface area contributed by atoms with Crippen LogP contribution >= 0.6 is 0 Å². The molecule has 0 saturated heterocycles. The van der Waals surface area contributed by atoms with Gasteiger partial charge in [-0.2, -0.15) is 0 Å². The third-order valence-electron chi connectivity index (χ3n) is 2.81. The Morgan fingerprint density at radius 1 is 1.09 bits per heavy atom. The van der Waals surface area contributed by atoms with E-state index in [0.717, 1.165) is 0 Å². The molecule has 1 aromatic carbocycles. The number of carbonyl (C=O) groups is 2. The molecule has 2 aromatic rings. The Hall–Kier alpha value is -3.29. The molecule has 0 aliphatic heterocycles. The highest BCUT2D eigenvalue weighted by atomic mass is 16.5. The van der Waals surface area contributed by atoms with Gasteiger partial charge >= 0.3 is 0 Å². The van der Waals surface area contributed by atoms with Crippen molar-refractivity contribution in [1.29, 1.82) is 0 Å². The lowest BCUT2D eigenvalue weighted by Crippen LogP contribution is -2.45. The number of amides is 2. The van der Waals surface area contributed by atoms with Gasteiger partial charge in [-0.05, 0) is 36.4 Å². The number of pyridine rings is 1. The number of hydrogen-bond acceptors (Lipinski definition) is 5. The number of carbonyl (C=O) groups excluding carboxylic acids is 2. The lowest BCUT2D eigenvalue weighted by Gasteiger charge is -2.09. The van der Waals surface area contributed by atoms with Gasteiger partial charge in [0, 0.05) is 6.20 Å². The van der Waals surface area contributed by atoms with Crippen molar-refractivity contribution in [2.75, 3.05) is 13.7 Å². The Labute approximate surface area is 131 Å². The maximum absolute atomic E-state index is 11.7.